The Morgan fingerprint density at radius 3 is 0.844 bits per heavy atom. The molecule has 0 fully saturated rings. The topological polar surface area (TPSA) is 221 Å². The smallest absolute Gasteiger partial charge is 0.185 e. The van der Waals surface area contributed by atoms with E-state index in [2.05, 4.69) is 15.0 Å². The molecule has 0 atom stereocenters. The molecule has 0 spiro atoms. The van der Waals surface area contributed by atoms with E-state index in [1.807, 2.05) is 72.8 Å². The molecule has 0 unspecified atom stereocenters. The summed E-state index contributed by atoms with van der Waals surface area (Å²) in [5, 5.41) is 0. The van der Waals surface area contributed by atoms with Gasteiger partial charge in [-0.3, -0.25) is 15.0 Å². The lowest BCUT2D eigenvalue weighted by Crippen LogP contribution is -2.23. The van der Waals surface area contributed by atoms with E-state index in [4.69, 9.17) is 48.6 Å². The summed E-state index contributed by atoms with van der Waals surface area (Å²) in [5.41, 5.74) is 35.7. The molecule has 0 radical (unpaired) electrons. The average Bonchev–Trinajstić information content (AvgIpc) is 2.99. The molecule has 4 aromatic rings. The molecular formula is C33H39N9O3. The van der Waals surface area contributed by atoms with Crippen molar-refractivity contribution in [2.75, 3.05) is 19.6 Å². The fourth-order valence-corrected chi connectivity index (χ4v) is 4.25. The molecule has 45 heavy (non-hydrogen) atoms. The summed E-state index contributed by atoms with van der Waals surface area (Å²) < 4.78 is 18.6. The molecule has 0 aliphatic heterocycles. The molecule has 0 saturated carbocycles. The molecule has 0 heterocycles. The Morgan fingerprint density at radius 1 is 0.378 bits per heavy atom. The first kappa shape index (κ1) is 32.0. The van der Waals surface area contributed by atoms with Gasteiger partial charge in [0.1, 0.15) is 34.5 Å². The van der Waals surface area contributed by atoms with Crippen LogP contribution in [0.4, 0.5) is 0 Å². The second kappa shape index (κ2) is 16.1. The minimum Gasteiger partial charge on any atom is -0.457 e. The van der Waals surface area contributed by atoms with Gasteiger partial charge in [-0.2, -0.15) is 0 Å². The predicted octanol–water partition coefficient (Wildman–Crippen LogP) is 3.51. The van der Waals surface area contributed by atoms with Crippen molar-refractivity contribution >= 4 is 17.9 Å². The number of rotatable bonds is 15. The van der Waals surface area contributed by atoms with Crippen LogP contribution in [-0.4, -0.2) is 37.5 Å². The van der Waals surface area contributed by atoms with E-state index in [0.29, 0.717) is 73.4 Å². The normalized spacial score (nSPS) is 10.4. The molecule has 0 bridgehead atoms. The lowest BCUT2D eigenvalue weighted by molar-refractivity contribution is 0.439. The minimum atomic E-state index is 0.0765. The molecule has 234 valence electrons. The number of ether oxygens (including phenoxy) is 3. The average molecular weight is 610 g/mol. The third-order valence-electron chi connectivity index (χ3n) is 6.42. The SMILES string of the molecule is NC(N)=NCCc1ccc(Oc2cc(Oc3ccc(CCN=C(N)N)cc3)cc(Oc3ccc(CCN=C(N)N)cc3)c2)cc1. The third kappa shape index (κ3) is 11.4. The van der Waals surface area contributed by atoms with Gasteiger partial charge < -0.3 is 48.6 Å². The molecule has 0 saturated heterocycles. The van der Waals surface area contributed by atoms with Crippen molar-refractivity contribution < 1.29 is 14.2 Å². The Balaban J connectivity index is 1.51. The molecule has 12 nitrogen and oxygen atoms in total. The first-order valence-corrected chi connectivity index (χ1v) is 14.3. The van der Waals surface area contributed by atoms with Crippen LogP contribution in [0.1, 0.15) is 16.7 Å². The summed E-state index contributed by atoms with van der Waals surface area (Å²) >= 11 is 0. The van der Waals surface area contributed by atoms with Gasteiger partial charge >= 0.3 is 0 Å². The number of aliphatic imine (C=N–C) groups is 3. The van der Waals surface area contributed by atoms with Crippen LogP contribution in [0.15, 0.2) is 106 Å². The van der Waals surface area contributed by atoms with Gasteiger partial charge in [-0.25, -0.2) is 0 Å². The van der Waals surface area contributed by atoms with Gasteiger partial charge in [0.25, 0.3) is 0 Å². The zero-order valence-corrected chi connectivity index (χ0v) is 24.9. The van der Waals surface area contributed by atoms with Gasteiger partial charge in [0.15, 0.2) is 17.9 Å². The van der Waals surface area contributed by atoms with Crippen LogP contribution in [0.5, 0.6) is 34.5 Å². The van der Waals surface area contributed by atoms with Gasteiger partial charge in [-0.1, -0.05) is 36.4 Å². The van der Waals surface area contributed by atoms with Crippen LogP contribution in [0.3, 0.4) is 0 Å². The quantitative estimate of drug-likeness (QED) is 0.0856. The first-order valence-electron chi connectivity index (χ1n) is 14.3. The number of nitrogens with two attached hydrogens (primary N) is 6. The van der Waals surface area contributed by atoms with Crippen molar-refractivity contribution in [2.24, 2.45) is 49.4 Å². The molecule has 4 aromatic carbocycles. The van der Waals surface area contributed by atoms with Gasteiger partial charge in [-0.05, 0) is 72.4 Å². The maximum absolute atomic E-state index is 6.20. The highest BCUT2D eigenvalue weighted by molar-refractivity contribution is 5.76. The third-order valence-corrected chi connectivity index (χ3v) is 6.42. The molecule has 0 aromatic heterocycles. The number of benzene rings is 4. The highest BCUT2D eigenvalue weighted by atomic mass is 16.5. The van der Waals surface area contributed by atoms with E-state index >= 15 is 0 Å². The van der Waals surface area contributed by atoms with Crippen LogP contribution in [-0.2, 0) is 19.3 Å². The summed E-state index contributed by atoms with van der Waals surface area (Å²) in [6, 6.07) is 28.6. The largest absolute Gasteiger partial charge is 0.457 e. The van der Waals surface area contributed by atoms with E-state index < -0.39 is 0 Å². The van der Waals surface area contributed by atoms with E-state index in [9.17, 15) is 0 Å². The molecule has 0 aliphatic carbocycles. The van der Waals surface area contributed by atoms with E-state index in [1.165, 1.54) is 0 Å². The van der Waals surface area contributed by atoms with Gasteiger partial charge in [0, 0.05) is 37.8 Å². The lowest BCUT2D eigenvalue weighted by Gasteiger charge is -2.14. The lowest BCUT2D eigenvalue weighted by atomic mass is 10.1. The summed E-state index contributed by atoms with van der Waals surface area (Å²) in [4.78, 5) is 12.1. The fourth-order valence-electron chi connectivity index (χ4n) is 4.25. The number of guanidine groups is 3. The monoisotopic (exact) mass is 609 g/mol. The Bertz CT molecular complexity index is 1400. The van der Waals surface area contributed by atoms with Crippen molar-refractivity contribution in [1.29, 1.82) is 0 Å². The van der Waals surface area contributed by atoms with Crippen molar-refractivity contribution in [3.63, 3.8) is 0 Å². The van der Waals surface area contributed by atoms with Crippen LogP contribution < -0.4 is 48.6 Å². The van der Waals surface area contributed by atoms with E-state index in [0.717, 1.165) is 16.7 Å². The van der Waals surface area contributed by atoms with E-state index in [1.54, 1.807) is 18.2 Å². The van der Waals surface area contributed by atoms with Gasteiger partial charge in [0.05, 0.1) is 0 Å². The molecule has 0 aliphatic rings. The zero-order valence-electron chi connectivity index (χ0n) is 24.9. The van der Waals surface area contributed by atoms with Crippen molar-refractivity contribution in [2.45, 2.75) is 19.3 Å². The van der Waals surface area contributed by atoms with E-state index in [-0.39, 0.29) is 17.9 Å². The maximum Gasteiger partial charge on any atom is 0.185 e. The maximum atomic E-state index is 6.20. The Kier molecular flexibility index (Phi) is 11.4. The highest BCUT2D eigenvalue weighted by Gasteiger charge is 2.09. The summed E-state index contributed by atoms with van der Waals surface area (Å²) in [7, 11) is 0. The number of hydrogen-bond acceptors (Lipinski definition) is 6. The summed E-state index contributed by atoms with van der Waals surface area (Å²) in [6.45, 7) is 1.53. The number of hydrogen-bond donors (Lipinski definition) is 6. The molecular weight excluding hydrogens is 570 g/mol. The van der Waals surface area contributed by atoms with Gasteiger partial charge in [0.2, 0.25) is 0 Å². The second-order valence-electron chi connectivity index (χ2n) is 10.0. The number of nitrogens with zero attached hydrogens (tertiary/aromatic N) is 3. The Labute approximate surface area is 262 Å². The van der Waals surface area contributed by atoms with Crippen molar-refractivity contribution in [3.8, 4) is 34.5 Å². The minimum absolute atomic E-state index is 0.0765. The molecule has 12 heteroatoms. The highest BCUT2D eigenvalue weighted by Crippen LogP contribution is 2.35. The Morgan fingerprint density at radius 2 is 0.622 bits per heavy atom. The van der Waals surface area contributed by atoms with Crippen LogP contribution in [0.2, 0.25) is 0 Å². The zero-order chi connectivity index (χ0) is 32.0. The van der Waals surface area contributed by atoms with Crippen LogP contribution in [0, 0.1) is 0 Å². The second-order valence-corrected chi connectivity index (χ2v) is 10.0. The predicted molar refractivity (Wildman–Crippen MR) is 179 cm³/mol. The molecule has 0 amide bonds. The van der Waals surface area contributed by atoms with Gasteiger partial charge in [-0.15, -0.1) is 0 Å². The first-order chi connectivity index (χ1) is 21.7. The molecule has 12 N–H and O–H groups in total. The van der Waals surface area contributed by atoms with Crippen molar-refractivity contribution in [3.05, 3.63) is 108 Å². The van der Waals surface area contributed by atoms with Crippen molar-refractivity contribution in [1.82, 2.24) is 0 Å². The summed E-state index contributed by atoms with van der Waals surface area (Å²) in [5.74, 6) is 3.81. The fraction of sp³-hybridized carbons (Fsp3) is 0.182. The Hall–Kier alpha value is -5.91. The molecule has 4 rings (SSSR count). The van der Waals surface area contributed by atoms with Crippen LogP contribution in [0.25, 0.3) is 0 Å². The van der Waals surface area contributed by atoms with Crippen LogP contribution >= 0.6 is 0 Å². The summed E-state index contributed by atoms with van der Waals surface area (Å²) in [6.07, 6.45) is 2.12. The standard InChI is InChI=1S/C33H39N9O3/c34-31(35)40-16-13-22-1-7-25(8-2-22)43-28-19-29(44-26-9-3-23(4-10-26)14-17-41-32(36)37)21-30(20-28)45-27-11-5-24(6-12-27)15-18-42-33(38)39/h1-12,19-21H,13-18H2,(H4,34,35,40)(H4,36,37,41)(H4,38,39,42).